The van der Waals surface area contributed by atoms with Crippen LogP contribution in [0.25, 0.3) is 0 Å². The second-order valence-electron chi connectivity index (χ2n) is 7.44. The molecule has 0 radical (unpaired) electrons. The van der Waals surface area contributed by atoms with Crippen LogP contribution in [0.2, 0.25) is 0 Å². The van der Waals surface area contributed by atoms with Crippen LogP contribution in [0.4, 0.5) is 18.9 Å². The summed E-state index contributed by atoms with van der Waals surface area (Å²) in [5.41, 5.74) is -1.90. The van der Waals surface area contributed by atoms with Gasteiger partial charge in [-0.1, -0.05) is 20.8 Å². The van der Waals surface area contributed by atoms with E-state index < -0.39 is 41.1 Å². The number of benzene rings is 1. The summed E-state index contributed by atoms with van der Waals surface area (Å²) in [5, 5.41) is 13.7. The van der Waals surface area contributed by atoms with Crippen molar-refractivity contribution in [2.75, 3.05) is 5.32 Å². The largest absolute Gasteiger partial charge is 0.480 e. The topological polar surface area (TPSA) is 95.5 Å². The van der Waals surface area contributed by atoms with Crippen molar-refractivity contribution < 1.29 is 32.7 Å². The first-order valence-corrected chi connectivity index (χ1v) is 8.22. The van der Waals surface area contributed by atoms with Crippen molar-refractivity contribution >= 4 is 23.5 Å². The van der Waals surface area contributed by atoms with Crippen LogP contribution in [0.15, 0.2) is 18.2 Å². The Kier molecular flexibility index (Phi) is 6.99. The highest BCUT2D eigenvalue weighted by Gasteiger charge is 2.32. The standard InChI is InChI=1S/C18H23F3N2O4/c1-10(24)22-13-8-11(7-12(9-13)18(19,20)21)15(25)23-14(16(26)27)5-6-17(2,3)4/h7-9,14H,5-6H2,1-4H3,(H,22,24)(H,23,25)(H,26,27). The van der Waals surface area contributed by atoms with Gasteiger partial charge in [0.25, 0.3) is 5.91 Å². The van der Waals surface area contributed by atoms with E-state index in [1.807, 2.05) is 20.8 Å². The van der Waals surface area contributed by atoms with Crippen molar-refractivity contribution in [2.45, 2.75) is 52.8 Å². The van der Waals surface area contributed by atoms with Gasteiger partial charge in [0, 0.05) is 18.2 Å². The maximum atomic E-state index is 13.1. The van der Waals surface area contributed by atoms with Crippen LogP contribution in [0.1, 0.15) is 56.5 Å². The lowest BCUT2D eigenvalue weighted by Crippen LogP contribution is -2.41. The fourth-order valence-corrected chi connectivity index (χ4v) is 2.27. The van der Waals surface area contributed by atoms with Gasteiger partial charge in [0.05, 0.1) is 5.56 Å². The number of amides is 2. The zero-order valence-corrected chi connectivity index (χ0v) is 15.5. The van der Waals surface area contributed by atoms with Gasteiger partial charge in [-0.05, 0) is 36.5 Å². The number of alkyl halides is 3. The molecule has 27 heavy (non-hydrogen) atoms. The summed E-state index contributed by atoms with van der Waals surface area (Å²) in [6.45, 7) is 6.83. The molecule has 0 aliphatic heterocycles. The molecule has 0 fully saturated rings. The van der Waals surface area contributed by atoms with Gasteiger partial charge >= 0.3 is 12.1 Å². The summed E-state index contributed by atoms with van der Waals surface area (Å²) < 4.78 is 39.2. The second kappa shape index (κ2) is 8.41. The van der Waals surface area contributed by atoms with Gasteiger partial charge in [0.15, 0.2) is 0 Å². The maximum absolute atomic E-state index is 13.1. The normalized spacial score (nSPS) is 13.0. The molecule has 2 amide bonds. The van der Waals surface area contributed by atoms with Crippen molar-refractivity contribution in [3.8, 4) is 0 Å². The number of halogens is 3. The molecule has 0 bridgehead atoms. The molecule has 1 unspecified atom stereocenters. The van der Waals surface area contributed by atoms with Crippen LogP contribution in [0, 0.1) is 5.41 Å². The summed E-state index contributed by atoms with van der Waals surface area (Å²) in [7, 11) is 0. The van der Waals surface area contributed by atoms with Gasteiger partial charge in [-0.25, -0.2) is 4.79 Å². The number of aliphatic carboxylic acids is 1. The summed E-state index contributed by atoms with van der Waals surface area (Å²) in [6, 6.07) is 1.14. The molecule has 6 nitrogen and oxygen atoms in total. The highest BCUT2D eigenvalue weighted by atomic mass is 19.4. The smallest absolute Gasteiger partial charge is 0.416 e. The average Bonchev–Trinajstić information content (AvgIpc) is 2.48. The highest BCUT2D eigenvalue weighted by molar-refractivity contribution is 5.98. The molecule has 0 heterocycles. The van der Waals surface area contributed by atoms with Crippen molar-refractivity contribution in [2.24, 2.45) is 5.41 Å². The first kappa shape index (κ1) is 22.5. The van der Waals surface area contributed by atoms with Crippen LogP contribution in [-0.2, 0) is 15.8 Å². The molecule has 0 aliphatic carbocycles. The molecular formula is C18H23F3N2O4. The number of hydrogen-bond donors (Lipinski definition) is 3. The SMILES string of the molecule is CC(=O)Nc1cc(C(=O)NC(CCC(C)(C)C)C(=O)O)cc(C(F)(F)F)c1. The van der Waals surface area contributed by atoms with Crippen molar-refractivity contribution in [1.82, 2.24) is 5.32 Å². The molecule has 0 spiro atoms. The molecule has 0 saturated carbocycles. The van der Waals surface area contributed by atoms with Gasteiger partial charge in [0.1, 0.15) is 6.04 Å². The predicted molar refractivity (Wildman–Crippen MR) is 93.3 cm³/mol. The molecule has 1 aromatic rings. The van der Waals surface area contributed by atoms with Gasteiger partial charge in [-0.15, -0.1) is 0 Å². The van der Waals surface area contributed by atoms with Crippen molar-refractivity contribution in [3.63, 3.8) is 0 Å². The number of anilines is 1. The summed E-state index contributed by atoms with van der Waals surface area (Å²) in [4.78, 5) is 34.8. The van der Waals surface area contributed by atoms with Crippen molar-refractivity contribution in [1.29, 1.82) is 0 Å². The highest BCUT2D eigenvalue weighted by Crippen LogP contribution is 2.32. The lowest BCUT2D eigenvalue weighted by molar-refractivity contribution is -0.140. The minimum absolute atomic E-state index is 0.127. The fraction of sp³-hybridized carbons (Fsp3) is 0.500. The Labute approximate surface area is 155 Å². The molecule has 1 aromatic carbocycles. The summed E-state index contributed by atoms with van der Waals surface area (Å²) in [6.07, 6.45) is -4.12. The van der Waals surface area contributed by atoms with Crippen LogP contribution < -0.4 is 10.6 Å². The van der Waals surface area contributed by atoms with E-state index in [9.17, 15) is 32.7 Å². The van der Waals surface area contributed by atoms with E-state index in [0.717, 1.165) is 13.0 Å². The Morgan fingerprint density at radius 3 is 2.15 bits per heavy atom. The molecule has 0 aliphatic rings. The number of nitrogens with one attached hydrogen (secondary N) is 2. The number of carboxylic acids is 1. The van der Waals surface area contributed by atoms with E-state index in [1.54, 1.807) is 0 Å². The molecule has 1 rings (SSSR count). The molecular weight excluding hydrogens is 365 g/mol. The average molecular weight is 388 g/mol. The minimum Gasteiger partial charge on any atom is -0.480 e. The van der Waals surface area contributed by atoms with Gasteiger partial charge in [-0.3, -0.25) is 9.59 Å². The quantitative estimate of drug-likeness (QED) is 0.693. The summed E-state index contributed by atoms with van der Waals surface area (Å²) in [5.74, 6) is -2.84. The molecule has 0 saturated heterocycles. The Morgan fingerprint density at radius 1 is 1.11 bits per heavy atom. The third kappa shape index (κ3) is 7.67. The Hall–Kier alpha value is -2.58. The molecule has 1 atom stereocenters. The Balaban J connectivity index is 3.12. The lowest BCUT2D eigenvalue weighted by Gasteiger charge is -2.22. The zero-order chi connectivity index (χ0) is 21.0. The van der Waals surface area contributed by atoms with Gasteiger partial charge in [0.2, 0.25) is 5.91 Å². The second-order valence-corrected chi connectivity index (χ2v) is 7.44. The van der Waals surface area contributed by atoms with Gasteiger partial charge < -0.3 is 15.7 Å². The van der Waals surface area contributed by atoms with Crippen LogP contribution in [0.3, 0.4) is 0 Å². The Morgan fingerprint density at radius 2 is 1.70 bits per heavy atom. The van der Waals surface area contributed by atoms with E-state index in [1.165, 1.54) is 0 Å². The first-order chi connectivity index (χ1) is 12.2. The lowest BCUT2D eigenvalue weighted by atomic mass is 9.88. The van der Waals surface area contributed by atoms with Crippen LogP contribution in [0.5, 0.6) is 0 Å². The number of hydrogen-bond acceptors (Lipinski definition) is 3. The monoisotopic (exact) mass is 388 g/mol. The first-order valence-electron chi connectivity index (χ1n) is 8.22. The van der Waals surface area contributed by atoms with E-state index in [2.05, 4.69) is 10.6 Å². The van der Waals surface area contributed by atoms with E-state index in [-0.39, 0.29) is 17.5 Å². The van der Waals surface area contributed by atoms with Crippen LogP contribution >= 0.6 is 0 Å². The van der Waals surface area contributed by atoms with E-state index in [0.29, 0.717) is 18.6 Å². The molecule has 0 aromatic heterocycles. The number of carbonyl (C=O) groups excluding carboxylic acids is 2. The van der Waals surface area contributed by atoms with E-state index >= 15 is 0 Å². The predicted octanol–water partition coefficient (Wildman–Crippen LogP) is 3.67. The third-order valence-electron chi connectivity index (χ3n) is 3.63. The molecule has 9 heteroatoms. The number of carbonyl (C=O) groups is 3. The van der Waals surface area contributed by atoms with Crippen LogP contribution in [-0.4, -0.2) is 28.9 Å². The number of carboxylic acid groups (broad SMARTS) is 1. The minimum atomic E-state index is -4.73. The third-order valence-corrected chi connectivity index (χ3v) is 3.63. The summed E-state index contributed by atoms with van der Waals surface area (Å²) >= 11 is 0. The molecule has 3 N–H and O–H groups in total. The fourth-order valence-electron chi connectivity index (χ4n) is 2.27. The van der Waals surface area contributed by atoms with E-state index in [4.69, 9.17) is 0 Å². The zero-order valence-electron chi connectivity index (χ0n) is 15.5. The Bertz CT molecular complexity index is 724. The number of rotatable bonds is 6. The molecule has 150 valence electrons. The maximum Gasteiger partial charge on any atom is 0.416 e. The van der Waals surface area contributed by atoms with Gasteiger partial charge in [-0.2, -0.15) is 13.2 Å². The van der Waals surface area contributed by atoms with Crippen molar-refractivity contribution in [3.05, 3.63) is 29.3 Å².